The van der Waals surface area contributed by atoms with Gasteiger partial charge in [-0.2, -0.15) is 0 Å². The normalized spacial score (nSPS) is 34.1. The molecule has 0 aromatic heterocycles. The monoisotopic (exact) mass is 383 g/mol. The molecule has 0 bridgehead atoms. The Labute approximate surface area is 168 Å². The van der Waals surface area contributed by atoms with Crippen LogP contribution >= 0.6 is 0 Å². The van der Waals surface area contributed by atoms with E-state index in [9.17, 15) is 9.90 Å². The summed E-state index contributed by atoms with van der Waals surface area (Å²) in [7, 11) is 0. The minimum atomic E-state index is -0.735. The third kappa shape index (κ3) is 3.28. The van der Waals surface area contributed by atoms with Crippen LogP contribution in [-0.4, -0.2) is 65.8 Å². The standard InChI is InChI=1S/C23H33N3O2/c27-22(28)25-14-10-23(17-25)15-20(16-23)24-12-8-18(9-13-24)21-7-4-11-26(21)19-5-2-1-3-6-19/h1-3,5-6,18,20-21H,4,7-17H2,(H,27,28)/t20?,21-,23?/m0/s1. The van der Waals surface area contributed by atoms with Gasteiger partial charge in [-0.05, 0) is 81.5 Å². The van der Waals surface area contributed by atoms with Crippen molar-refractivity contribution in [2.45, 2.75) is 57.0 Å². The fraction of sp³-hybridized carbons (Fsp3) is 0.696. The number of hydrogen-bond acceptors (Lipinski definition) is 3. The maximum absolute atomic E-state index is 11.2. The smallest absolute Gasteiger partial charge is 0.407 e. The molecule has 5 nitrogen and oxygen atoms in total. The Kier molecular flexibility index (Phi) is 4.74. The lowest BCUT2D eigenvalue weighted by molar-refractivity contribution is -0.0102. The van der Waals surface area contributed by atoms with Gasteiger partial charge in [0.25, 0.3) is 0 Å². The van der Waals surface area contributed by atoms with Gasteiger partial charge in [0.05, 0.1) is 0 Å². The minimum absolute atomic E-state index is 0.301. The second kappa shape index (κ2) is 7.25. The van der Waals surface area contributed by atoms with Crippen molar-refractivity contribution >= 4 is 11.8 Å². The predicted molar refractivity (Wildman–Crippen MR) is 111 cm³/mol. The molecule has 4 fully saturated rings. The van der Waals surface area contributed by atoms with E-state index in [0.29, 0.717) is 11.5 Å². The van der Waals surface area contributed by atoms with Crippen LogP contribution in [0.15, 0.2) is 30.3 Å². The third-order valence-corrected chi connectivity index (χ3v) is 8.07. The number of para-hydroxylation sites is 1. The van der Waals surface area contributed by atoms with Crippen LogP contribution in [0.1, 0.15) is 44.9 Å². The molecule has 5 heteroatoms. The van der Waals surface area contributed by atoms with Crippen LogP contribution in [0.4, 0.5) is 10.5 Å². The second-order valence-electron chi connectivity index (χ2n) is 9.63. The van der Waals surface area contributed by atoms with Crippen LogP contribution in [-0.2, 0) is 0 Å². The van der Waals surface area contributed by atoms with Gasteiger partial charge in [-0.25, -0.2) is 4.79 Å². The second-order valence-corrected chi connectivity index (χ2v) is 9.63. The molecular formula is C23H33N3O2. The summed E-state index contributed by atoms with van der Waals surface area (Å²) in [5, 5.41) is 9.23. The number of rotatable bonds is 3. The summed E-state index contributed by atoms with van der Waals surface area (Å²) in [6.07, 6.45) is 8.06. The molecule has 1 atom stereocenters. The molecule has 0 radical (unpaired) electrons. The summed E-state index contributed by atoms with van der Waals surface area (Å²) in [5.74, 6) is 0.821. The van der Waals surface area contributed by atoms with E-state index in [2.05, 4.69) is 40.1 Å². The summed E-state index contributed by atoms with van der Waals surface area (Å²) in [6.45, 7) is 5.17. The van der Waals surface area contributed by atoms with Crippen molar-refractivity contribution in [3.8, 4) is 0 Å². The molecule has 152 valence electrons. The van der Waals surface area contributed by atoms with Gasteiger partial charge in [-0.3, -0.25) is 0 Å². The summed E-state index contributed by atoms with van der Waals surface area (Å²) in [6, 6.07) is 12.4. The Hall–Kier alpha value is -1.75. The van der Waals surface area contributed by atoms with Crippen molar-refractivity contribution in [1.29, 1.82) is 0 Å². The summed E-state index contributed by atoms with van der Waals surface area (Å²) in [4.78, 5) is 18.2. The molecule has 0 unspecified atom stereocenters. The van der Waals surface area contributed by atoms with Crippen LogP contribution in [0, 0.1) is 11.3 Å². The summed E-state index contributed by atoms with van der Waals surface area (Å²) in [5.41, 5.74) is 1.70. The topological polar surface area (TPSA) is 47.0 Å². The molecule has 5 rings (SSSR count). The van der Waals surface area contributed by atoms with E-state index < -0.39 is 6.09 Å². The van der Waals surface area contributed by atoms with E-state index in [1.165, 1.54) is 63.8 Å². The molecule has 4 aliphatic rings. The first-order chi connectivity index (χ1) is 13.6. The van der Waals surface area contributed by atoms with Crippen LogP contribution < -0.4 is 4.90 Å². The number of amides is 1. The third-order valence-electron chi connectivity index (χ3n) is 8.07. The van der Waals surface area contributed by atoms with E-state index >= 15 is 0 Å². The molecule has 3 aliphatic heterocycles. The highest BCUT2D eigenvalue weighted by molar-refractivity contribution is 5.65. The molecule has 1 amide bonds. The largest absolute Gasteiger partial charge is 0.465 e. The molecule has 28 heavy (non-hydrogen) atoms. The molecule has 1 aromatic carbocycles. The fourth-order valence-corrected chi connectivity index (χ4v) is 6.52. The SMILES string of the molecule is O=C(O)N1CCC2(CC(N3CCC([C@@H]4CCCN4c4ccccc4)CC3)C2)C1. The van der Waals surface area contributed by atoms with Crippen molar-refractivity contribution in [3.05, 3.63) is 30.3 Å². The number of benzene rings is 1. The molecule has 1 aliphatic carbocycles. The highest BCUT2D eigenvalue weighted by Gasteiger charge is 2.51. The highest BCUT2D eigenvalue weighted by Crippen LogP contribution is 2.50. The van der Waals surface area contributed by atoms with Gasteiger partial charge < -0.3 is 19.8 Å². The van der Waals surface area contributed by atoms with Gasteiger partial charge in [0.2, 0.25) is 0 Å². The number of carboxylic acid groups (broad SMARTS) is 1. The molecule has 3 heterocycles. The zero-order chi connectivity index (χ0) is 19.1. The molecule has 1 aromatic rings. The number of piperidine rings is 1. The number of anilines is 1. The average Bonchev–Trinajstić information content (AvgIpc) is 3.35. The first-order valence-corrected chi connectivity index (χ1v) is 11.2. The molecular weight excluding hydrogens is 350 g/mol. The zero-order valence-corrected chi connectivity index (χ0v) is 16.8. The predicted octanol–water partition coefficient (Wildman–Crippen LogP) is 3.90. The summed E-state index contributed by atoms with van der Waals surface area (Å²) >= 11 is 0. The van der Waals surface area contributed by atoms with Crippen molar-refractivity contribution in [3.63, 3.8) is 0 Å². The van der Waals surface area contributed by atoms with E-state index in [1.807, 2.05) is 0 Å². The quantitative estimate of drug-likeness (QED) is 0.860. The molecule has 1 saturated carbocycles. The van der Waals surface area contributed by atoms with Crippen LogP contribution in [0.5, 0.6) is 0 Å². The number of hydrogen-bond donors (Lipinski definition) is 1. The maximum Gasteiger partial charge on any atom is 0.407 e. The average molecular weight is 384 g/mol. The Morgan fingerprint density at radius 1 is 1.00 bits per heavy atom. The molecule has 1 N–H and O–H groups in total. The van der Waals surface area contributed by atoms with E-state index in [4.69, 9.17) is 0 Å². The zero-order valence-electron chi connectivity index (χ0n) is 16.8. The van der Waals surface area contributed by atoms with Crippen molar-refractivity contribution in [2.24, 2.45) is 11.3 Å². The van der Waals surface area contributed by atoms with Crippen LogP contribution in [0.25, 0.3) is 0 Å². The number of likely N-dealkylation sites (tertiary alicyclic amines) is 2. The van der Waals surface area contributed by atoms with Crippen molar-refractivity contribution < 1.29 is 9.90 Å². The first-order valence-electron chi connectivity index (χ1n) is 11.2. The van der Waals surface area contributed by atoms with Gasteiger partial charge >= 0.3 is 6.09 Å². The van der Waals surface area contributed by atoms with Gasteiger partial charge in [0, 0.05) is 37.4 Å². The van der Waals surface area contributed by atoms with Crippen LogP contribution in [0.3, 0.4) is 0 Å². The molecule has 1 spiro atoms. The van der Waals surface area contributed by atoms with Gasteiger partial charge in [-0.15, -0.1) is 0 Å². The lowest BCUT2D eigenvalue weighted by atomic mass is 9.64. The van der Waals surface area contributed by atoms with Crippen molar-refractivity contribution in [1.82, 2.24) is 9.80 Å². The number of carbonyl (C=O) groups is 1. The fourth-order valence-electron chi connectivity index (χ4n) is 6.52. The van der Waals surface area contributed by atoms with E-state index in [1.54, 1.807) is 4.90 Å². The van der Waals surface area contributed by atoms with E-state index in [-0.39, 0.29) is 0 Å². The van der Waals surface area contributed by atoms with E-state index in [0.717, 1.165) is 31.5 Å². The highest BCUT2D eigenvalue weighted by atomic mass is 16.4. The maximum atomic E-state index is 11.2. The summed E-state index contributed by atoms with van der Waals surface area (Å²) < 4.78 is 0. The minimum Gasteiger partial charge on any atom is -0.465 e. The Morgan fingerprint density at radius 3 is 2.43 bits per heavy atom. The lowest BCUT2D eigenvalue weighted by Crippen LogP contribution is -2.55. The van der Waals surface area contributed by atoms with Gasteiger partial charge in [0.1, 0.15) is 0 Å². The van der Waals surface area contributed by atoms with Crippen LogP contribution in [0.2, 0.25) is 0 Å². The Morgan fingerprint density at radius 2 is 1.75 bits per heavy atom. The first kappa shape index (κ1) is 18.3. The Bertz CT molecular complexity index is 695. The van der Waals surface area contributed by atoms with Gasteiger partial charge in [0.15, 0.2) is 0 Å². The van der Waals surface area contributed by atoms with Crippen molar-refractivity contribution in [2.75, 3.05) is 37.6 Å². The lowest BCUT2D eigenvalue weighted by Gasteiger charge is -2.52. The Balaban J connectivity index is 1.13. The number of nitrogens with zero attached hydrogens (tertiary/aromatic N) is 3. The van der Waals surface area contributed by atoms with Gasteiger partial charge in [-0.1, -0.05) is 18.2 Å². The molecule has 3 saturated heterocycles.